The van der Waals surface area contributed by atoms with Gasteiger partial charge in [-0.2, -0.15) is 0 Å². The molecule has 2 nitrogen and oxygen atoms in total. The first kappa shape index (κ1) is 25.0. The average molecular weight is 625 g/mol. The van der Waals surface area contributed by atoms with E-state index in [4.69, 9.17) is 9.98 Å². The number of allylic oxidation sites excluding steroid dienone is 2. The molecule has 6 heteroatoms. The van der Waals surface area contributed by atoms with Gasteiger partial charge in [0.25, 0.3) is 0 Å². The molecule has 3 aromatic carbocycles. The van der Waals surface area contributed by atoms with Crippen molar-refractivity contribution in [3.8, 4) is 9.75 Å². The van der Waals surface area contributed by atoms with Gasteiger partial charge < -0.3 is 0 Å². The fraction of sp³-hybridized carbons (Fsp3) is 0.135. The molecule has 0 unspecified atom stereocenters. The van der Waals surface area contributed by atoms with Gasteiger partial charge in [-0.25, -0.2) is 9.98 Å². The average Bonchev–Trinajstić information content (AvgIpc) is 3.87. The normalized spacial score (nSPS) is 25.3. The Bertz CT molecular complexity index is 2120. The highest BCUT2D eigenvalue weighted by Gasteiger charge is 2.67. The van der Waals surface area contributed by atoms with Crippen molar-refractivity contribution in [2.75, 3.05) is 0 Å². The summed E-state index contributed by atoms with van der Waals surface area (Å²) in [4.78, 5) is 14.1. The molecule has 2 atom stereocenters. The van der Waals surface area contributed by atoms with Crippen molar-refractivity contribution in [1.82, 2.24) is 0 Å². The third-order valence-corrected chi connectivity index (χ3v) is 15.1. The molecule has 4 heterocycles. The van der Waals surface area contributed by atoms with Gasteiger partial charge in [-0.1, -0.05) is 108 Å². The Morgan fingerprint density at radius 1 is 0.535 bits per heavy atom. The summed E-state index contributed by atoms with van der Waals surface area (Å²) in [6.45, 7) is 4.85. The van der Waals surface area contributed by atoms with Crippen LogP contribution < -0.4 is 0 Å². The number of thiophene rings is 2. The Kier molecular flexibility index (Phi) is 4.87. The molecular weight excluding hydrogens is 601 g/mol. The van der Waals surface area contributed by atoms with E-state index in [2.05, 4.69) is 122 Å². The largest absolute Gasteiger partial charge is 0.244 e. The lowest BCUT2D eigenvalue weighted by molar-refractivity contribution is 0.580. The SMILES string of the molecule is C[C@]12SC(c3ccccc3)=NC1=C1C(=C3N=C(c4ccccc4)S[C@@]32C)C2(c3ccccc31)c1ccsc1-c1sccc12. The molecule has 0 radical (unpaired) electrons. The minimum atomic E-state index is -0.395. The highest BCUT2D eigenvalue weighted by atomic mass is 32.2. The Morgan fingerprint density at radius 3 is 1.65 bits per heavy atom. The number of benzene rings is 3. The fourth-order valence-electron chi connectivity index (χ4n) is 7.88. The smallest absolute Gasteiger partial charge is 0.105 e. The lowest BCUT2D eigenvalue weighted by Gasteiger charge is -2.46. The van der Waals surface area contributed by atoms with Crippen molar-refractivity contribution < 1.29 is 0 Å². The molecule has 0 N–H and O–H groups in total. The monoisotopic (exact) mass is 624 g/mol. The van der Waals surface area contributed by atoms with Gasteiger partial charge in [0.2, 0.25) is 0 Å². The molecule has 0 saturated carbocycles. The van der Waals surface area contributed by atoms with Crippen molar-refractivity contribution >= 4 is 61.9 Å². The van der Waals surface area contributed by atoms with E-state index >= 15 is 0 Å². The van der Waals surface area contributed by atoms with Crippen LogP contribution in [-0.2, 0) is 5.41 Å². The molecule has 0 bridgehead atoms. The van der Waals surface area contributed by atoms with Crippen LogP contribution in [0.3, 0.4) is 0 Å². The van der Waals surface area contributed by atoms with E-state index < -0.39 is 5.41 Å². The van der Waals surface area contributed by atoms with Crippen LogP contribution in [0.2, 0.25) is 0 Å². The highest BCUT2D eigenvalue weighted by molar-refractivity contribution is 8.20. The summed E-state index contributed by atoms with van der Waals surface area (Å²) in [6, 6.07) is 35.3. The quantitative estimate of drug-likeness (QED) is 0.195. The third kappa shape index (κ3) is 2.85. The van der Waals surface area contributed by atoms with Gasteiger partial charge in [0.1, 0.15) is 10.1 Å². The third-order valence-electron chi connectivity index (χ3n) is 9.93. The number of hydrogen-bond acceptors (Lipinski definition) is 6. The van der Waals surface area contributed by atoms with Crippen LogP contribution >= 0.6 is 46.2 Å². The van der Waals surface area contributed by atoms with Crippen LogP contribution in [0.5, 0.6) is 0 Å². The fourth-order valence-corrected chi connectivity index (χ4v) is 12.9. The lowest BCUT2D eigenvalue weighted by Crippen LogP contribution is -2.48. The van der Waals surface area contributed by atoms with E-state index in [0.717, 1.165) is 10.1 Å². The van der Waals surface area contributed by atoms with Gasteiger partial charge in [0, 0.05) is 32.0 Å². The zero-order chi connectivity index (χ0) is 28.6. The predicted molar refractivity (Wildman–Crippen MR) is 186 cm³/mol. The van der Waals surface area contributed by atoms with Gasteiger partial charge in [-0.05, 0) is 59.0 Å². The molecule has 5 aliphatic rings. The maximum atomic E-state index is 5.68. The minimum absolute atomic E-state index is 0.316. The van der Waals surface area contributed by atoms with Crippen molar-refractivity contribution in [2.45, 2.75) is 28.8 Å². The molecule has 43 heavy (non-hydrogen) atoms. The second-order valence-corrected chi connectivity index (χ2v) is 16.6. The summed E-state index contributed by atoms with van der Waals surface area (Å²) in [5.74, 6) is 0. The molecule has 10 rings (SSSR count). The first-order valence-electron chi connectivity index (χ1n) is 14.5. The number of fused-ring (bicyclic) bond motifs is 13. The van der Waals surface area contributed by atoms with Crippen LogP contribution in [-0.4, -0.2) is 19.6 Å². The lowest BCUT2D eigenvalue weighted by atomic mass is 9.66. The molecule has 0 fully saturated rings. The summed E-state index contributed by atoms with van der Waals surface area (Å²) in [5.41, 5.74) is 12.5. The predicted octanol–water partition coefficient (Wildman–Crippen LogP) is 10.0. The zero-order valence-corrected chi connectivity index (χ0v) is 26.7. The Balaban J connectivity index is 1.37. The summed E-state index contributed by atoms with van der Waals surface area (Å²) in [7, 11) is 0. The van der Waals surface area contributed by atoms with Gasteiger partial charge in [0.15, 0.2) is 0 Å². The van der Waals surface area contributed by atoms with E-state index in [1.807, 2.05) is 46.2 Å². The highest BCUT2D eigenvalue weighted by Crippen LogP contribution is 2.74. The standard InChI is InChI=1S/C37H24N2S4/c1-35-31(38-33(42-35)21-11-5-3-6-12-21)27-23-15-9-10-16-24(23)37(25-17-19-40-29(25)30-26(37)18-20-41-30)28(27)32-36(35,2)43-34(39-32)22-13-7-4-8-14-22/h3-20H,1-2H3/t35-,36-/m0/s1. The maximum absolute atomic E-state index is 5.68. The molecule has 0 saturated heterocycles. The van der Waals surface area contributed by atoms with Gasteiger partial charge >= 0.3 is 0 Å². The Morgan fingerprint density at radius 2 is 1.05 bits per heavy atom. The van der Waals surface area contributed by atoms with Crippen LogP contribution in [0, 0.1) is 0 Å². The Labute approximate surface area is 267 Å². The summed E-state index contributed by atoms with van der Waals surface area (Å²) >= 11 is 7.59. The van der Waals surface area contributed by atoms with Crippen LogP contribution in [0.15, 0.2) is 135 Å². The van der Waals surface area contributed by atoms with Crippen LogP contribution in [0.4, 0.5) is 0 Å². The summed E-state index contributed by atoms with van der Waals surface area (Å²) in [5, 5.41) is 6.75. The van der Waals surface area contributed by atoms with E-state index in [9.17, 15) is 0 Å². The molecule has 5 aromatic rings. The van der Waals surface area contributed by atoms with E-state index in [0.29, 0.717) is 0 Å². The molecule has 206 valence electrons. The molecule has 0 amide bonds. The van der Waals surface area contributed by atoms with Gasteiger partial charge in [-0.3, -0.25) is 0 Å². The van der Waals surface area contributed by atoms with Gasteiger partial charge in [-0.15, -0.1) is 22.7 Å². The number of thioether (sulfide) groups is 2. The Hall–Kier alpha value is -3.42. The molecule has 1 spiro atoms. The number of rotatable bonds is 2. The summed E-state index contributed by atoms with van der Waals surface area (Å²) in [6.07, 6.45) is 0. The number of hydrogen-bond donors (Lipinski definition) is 0. The van der Waals surface area contributed by atoms with Crippen molar-refractivity contribution in [3.05, 3.63) is 158 Å². The van der Waals surface area contributed by atoms with Gasteiger partial charge in [0.05, 0.1) is 26.3 Å². The second-order valence-electron chi connectivity index (χ2n) is 11.9. The number of aliphatic imine (C=N–C) groups is 2. The van der Waals surface area contributed by atoms with Crippen molar-refractivity contribution in [2.24, 2.45) is 9.98 Å². The molecule has 2 aliphatic heterocycles. The van der Waals surface area contributed by atoms with Crippen molar-refractivity contribution in [1.29, 1.82) is 0 Å². The van der Waals surface area contributed by atoms with E-state index in [1.54, 1.807) is 0 Å². The van der Waals surface area contributed by atoms with E-state index in [1.165, 1.54) is 65.7 Å². The van der Waals surface area contributed by atoms with Crippen LogP contribution in [0.1, 0.15) is 47.2 Å². The minimum Gasteiger partial charge on any atom is -0.244 e. The second kappa shape index (κ2) is 8.39. The topological polar surface area (TPSA) is 24.7 Å². The summed E-state index contributed by atoms with van der Waals surface area (Å²) < 4.78 is -0.649. The maximum Gasteiger partial charge on any atom is 0.105 e. The zero-order valence-electron chi connectivity index (χ0n) is 23.4. The number of nitrogens with zero attached hydrogens (tertiary/aromatic N) is 2. The molecule has 3 aliphatic carbocycles. The first-order chi connectivity index (χ1) is 21.1. The van der Waals surface area contributed by atoms with Crippen LogP contribution in [0.25, 0.3) is 15.3 Å². The van der Waals surface area contributed by atoms with Crippen molar-refractivity contribution in [3.63, 3.8) is 0 Å². The molecule has 2 aromatic heterocycles. The first-order valence-corrected chi connectivity index (χ1v) is 17.9. The van der Waals surface area contributed by atoms with E-state index in [-0.39, 0.29) is 9.49 Å². The molecular formula is C37H24N2S4.